The molecule has 0 N–H and O–H groups in total. The zero-order valence-corrected chi connectivity index (χ0v) is 11.6. The molecule has 1 atom stereocenters. The van der Waals surface area contributed by atoms with E-state index in [9.17, 15) is 0 Å². The van der Waals surface area contributed by atoms with Gasteiger partial charge in [0.15, 0.2) is 0 Å². The molecule has 1 rings (SSSR count). The summed E-state index contributed by atoms with van der Waals surface area (Å²) in [5.74, 6) is 0.749. The first-order valence-corrected chi connectivity index (χ1v) is 6.23. The van der Waals surface area contributed by atoms with E-state index in [0.29, 0.717) is 16.2 Å². The summed E-state index contributed by atoms with van der Waals surface area (Å²) in [5.41, 5.74) is 1.12. The highest BCUT2D eigenvalue weighted by Gasteiger charge is 2.55. The van der Waals surface area contributed by atoms with Crippen LogP contribution in [-0.2, 0) is 4.74 Å². The third-order valence-corrected chi connectivity index (χ3v) is 4.33. The molecule has 0 bridgehead atoms. The second-order valence-electron chi connectivity index (χ2n) is 7.23. The predicted molar refractivity (Wildman–Crippen MR) is 65.9 cm³/mol. The van der Waals surface area contributed by atoms with Crippen molar-refractivity contribution in [2.45, 2.75) is 54.9 Å². The van der Waals surface area contributed by atoms with E-state index < -0.39 is 0 Å². The molecule has 1 nitrogen and oxygen atoms in total. The summed E-state index contributed by atoms with van der Waals surface area (Å²) in [5, 5.41) is 0. The minimum atomic E-state index is 0.346. The molecule has 1 aliphatic heterocycles. The topological polar surface area (TPSA) is 9.23 Å². The SMILES string of the molecule is CCC(C(C)(C)C)C1(C(C)(C)C)COC1. The second-order valence-corrected chi connectivity index (χ2v) is 7.23. The lowest BCUT2D eigenvalue weighted by Crippen LogP contribution is -2.59. The molecular weight excluding hydrogens is 184 g/mol. The molecule has 1 heterocycles. The largest absolute Gasteiger partial charge is 0.380 e. The molecule has 1 aliphatic rings. The van der Waals surface area contributed by atoms with E-state index in [4.69, 9.17) is 4.74 Å². The Kier molecular flexibility index (Phi) is 3.27. The summed E-state index contributed by atoms with van der Waals surface area (Å²) >= 11 is 0. The van der Waals surface area contributed by atoms with Gasteiger partial charge in [-0.15, -0.1) is 0 Å². The fourth-order valence-corrected chi connectivity index (χ4v) is 3.31. The van der Waals surface area contributed by atoms with Gasteiger partial charge in [0.2, 0.25) is 0 Å². The molecule has 1 saturated heterocycles. The summed E-state index contributed by atoms with van der Waals surface area (Å²) in [4.78, 5) is 0. The van der Waals surface area contributed by atoms with E-state index in [1.165, 1.54) is 6.42 Å². The van der Waals surface area contributed by atoms with Gasteiger partial charge in [0.05, 0.1) is 13.2 Å². The third kappa shape index (κ3) is 2.08. The van der Waals surface area contributed by atoms with Gasteiger partial charge in [-0.25, -0.2) is 0 Å². The van der Waals surface area contributed by atoms with Crippen LogP contribution in [0.2, 0.25) is 0 Å². The normalized spacial score (nSPS) is 23.4. The van der Waals surface area contributed by atoms with Crippen LogP contribution in [0, 0.1) is 22.2 Å². The number of hydrogen-bond donors (Lipinski definition) is 0. The van der Waals surface area contributed by atoms with Gasteiger partial charge < -0.3 is 4.74 Å². The average molecular weight is 212 g/mol. The van der Waals surface area contributed by atoms with E-state index in [2.05, 4.69) is 48.5 Å². The van der Waals surface area contributed by atoms with Gasteiger partial charge in [-0.1, -0.05) is 54.9 Å². The standard InChI is InChI=1S/C14H28O/c1-8-11(12(2,3)4)14(9-15-10-14)13(5,6)7/h11H,8-10H2,1-7H3. The maximum Gasteiger partial charge on any atom is 0.0552 e. The van der Waals surface area contributed by atoms with Crippen molar-refractivity contribution >= 4 is 0 Å². The van der Waals surface area contributed by atoms with E-state index in [-0.39, 0.29) is 0 Å². The maximum atomic E-state index is 5.54. The van der Waals surface area contributed by atoms with Crippen LogP contribution in [0.5, 0.6) is 0 Å². The quantitative estimate of drug-likeness (QED) is 0.669. The number of rotatable bonds is 2. The Morgan fingerprint density at radius 3 is 1.60 bits per heavy atom. The van der Waals surface area contributed by atoms with E-state index in [1.807, 2.05) is 0 Å². The lowest BCUT2D eigenvalue weighted by atomic mass is 9.52. The van der Waals surface area contributed by atoms with Crippen molar-refractivity contribution in [3.8, 4) is 0 Å². The van der Waals surface area contributed by atoms with E-state index >= 15 is 0 Å². The van der Waals surface area contributed by atoms with Crippen LogP contribution in [0.15, 0.2) is 0 Å². The van der Waals surface area contributed by atoms with Gasteiger partial charge in [0.25, 0.3) is 0 Å². The van der Waals surface area contributed by atoms with Gasteiger partial charge in [-0.05, 0) is 16.7 Å². The summed E-state index contributed by atoms with van der Waals surface area (Å²) in [6, 6.07) is 0. The third-order valence-electron chi connectivity index (χ3n) is 4.33. The number of ether oxygens (including phenoxy) is 1. The molecule has 0 aromatic heterocycles. The summed E-state index contributed by atoms with van der Waals surface area (Å²) in [6.45, 7) is 18.4. The van der Waals surface area contributed by atoms with Crippen molar-refractivity contribution in [1.29, 1.82) is 0 Å². The van der Waals surface area contributed by atoms with E-state index in [1.54, 1.807) is 0 Å². The van der Waals surface area contributed by atoms with Gasteiger partial charge in [-0.3, -0.25) is 0 Å². The molecular formula is C14H28O. The molecule has 1 unspecified atom stereocenters. The van der Waals surface area contributed by atoms with Crippen molar-refractivity contribution in [2.24, 2.45) is 22.2 Å². The lowest BCUT2D eigenvalue weighted by molar-refractivity contribution is -0.221. The Morgan fingerprint density at radius 1 is 1.07 bits per heavy atom. The van der Waals surface area contributed by atoms with Gasteiger partial charge in [0, 0.05) is 5.41 Å². The molecule has 0 radical (unpaired) electrons. The van der Waals surface area contributed by atoms with Crippen LogP contribution in [0.25, 0.3) is 0 Å². The highest BCUT2D eigenvalue weighted by Crippen LogP contribution is 2.56. The first kappa shape index (κ1) is 13.0. The van der Waals surface area contributed by atoms with Crippen molar-refractivity contribution in [1.82, 2.24) is 0 Å². The molecule has 15 heavy (non-hydrogen) atoms. The van der Waals surface area contributed by atoms with Gasteiger partial charge in [0.1, 0.15) is 0 Å². The van der Waals surface area contributed by atoms with Crippen LogP contribution >= 0.6 is 0 Å². The molecule has 1 heteroatoms. The highest BCUT2D eigenvalue weighted by molar-refractivity contribution is 5.02. The molecule has 0 saturated carbocycles. The Labute approximate surface area is 95.6 Å². The zero-order valence-electron chi connectivity index (χ0n) is 11.6. The Bertz CT molecular complexity index is 212. The molecule has 0 aromatic carbocycles. The van der Waals surface area contributed by atoms with Crippen molar-refractivity contribution in [3.05, 3.63) is 0 Å². The van der Waals surface area contributed by atoms with Gasteiger partial charge >= 0.3 is 0 Å². The molecule has 0 amide bonds. The minimum absolute atomic E-state index is 0.346. The first-order chi connectivity index (χ1) is 6.65. The van der Waals surface area contributed by atoms with Crippen molar-refractivity contribution in [3.63, 3.8) is 0 Å². The fraction of sp³-hybridized carbons (Fsp3) is 1.00. The average Bonchev–Trinajstić information content (AvgIpc) is 1.90. The zero-order chi connectivity index (χ0) is 11.9. The van der Waals surface area contributed by atoms with Crippen LogP contribution in [0.3, 0.4) is 0 Å². The van der Waals surface area contributed by atoms with Crippen LogP contribution in [0.4, 0.5) is 0 Å². The minimum Gasteiger partial charge on any atom is -0.380 e. The van der Waals surface area contributed by atoms with Crippen LogP contribution in [0.1, 0.15) is 54.9 Å². The summed E-state index contributed by atoms with van der Waals surface area (Å²) in [6.07, 6.45) is 1.25. The Morgan fingerprint density at radius 2 is 1.53 bits per heavy atom. The van der Waals surface area contributed by atoms with Crippen LogP contribution in [-0.4, -0.2) is 13.2 Å². The summed E-state index contributed by atoms with van der Waals surface area (Å²) in [7, 11) is 0. The Hall–Kier alpha value is -0.0400. The Balaban J connectivity index is 3.00. The first-order valence-electron chi connectivity index (χ1n) is 6.23. The molecule has 0 aromatic rings. The highest BCUT2D eigenvalue weighted by atomic mass is 16.5. The van der Waals surface area contributed by atoms with Crippen molar-refractivity contribution < 1.29 is 4.74 Å². The molecule has 0 spiro atoms. The van der Waals surface area contributed by atoms with E-state index in [0.717, 1.165) is 19.1 Å². The molecule has 1 fully saturated rings. The summed E-state index contributed by atoms with van der Waals surface area (Å²) < 4.78 is 5.54. The van der Waals surface area contributed by atoms with Crippen LogP contribution < -0.4 is 0 Å². The van der Waals surface area contributed by atoms with Crippen molar-refractivity contribution in [2.75, 3.05) is 13.2 Å². The molecule has 0 aliphatic carbocycles. The smallest absolute Gasteiger partial charge is 0.0552 e. The number of hydrogen-bond acceptors (Lipinski definition) is 1. The predicted octanol–water partition coefficient (Wildman–Crippen LogP) is 4.12. The lowest BCUT2D eigenvalue weighted by Gasteiger charge is -2.59. The van der Waals surface area contributed by atoms with Gasteiger partial charge in [-0.2, -0.15) is 0 Å². The molecule has 90 valence electrons. The maximum absolute atomic E-state index is 5.54. The second kappa shape index (κ2) is 3.76. The monoisotopic (exact) mass is 212 g/mol. The fourth-order valence-electron chi connectivity index (χ4n) is 3.31.